The second-order valence-corrected chi connectivity index (χ2v) is 5.92. The molecule has 0 N–H and O–H groups in total. The number of methoxy groups -OCH3 is 1. The van der Waals surface area contributed by atoms with Crippen LogP contribution < -0.4 is 9.47 Å². The number of carbonyl (C=O) groups excluding carboxylic acids is 1. The van der Waals surface area contributed by atoms with E-state index in [1.165, 1.54) is 6.08 Å². The molecule has 0 fully saturated rings. The first-order valence-electron chi connectivity index (χ1n) is 8.20. The van der Waals surface area contributed by atoms with Crippen LogP contribution in [0.3, 0.4) is 0 Å². The summed E-state index contributed by atoms with van der Waals surface area (Å²) in [6, 6.07) is 7.34. The van der Waals surface area contributed by atoms with Gasteiger partial charge in [0.1, 0.15) is 18.1 Å². The maximum Gasteiger partial charge on any atom is 0.330 e. The van der Waals surface area contributed by atoms with E-state index in [1.807, 2.05) is 31.2 Å². The lowest BCUT2D eigenvalue weighted by Crippen LogP contribution is -2.20. The number of carbonyl (C=O) groups is 1. The van der Waals surface area contributed by atoms with Gasteiger partial charge >= 0.3 is 5.97 Å². The summed E-state index contributed by atoms with van der Waals surface area (Å²) in [5.41, 5.74) is 0.796. The summed E-state index contributed by atoms with van der Waals surface area (Å²) in [5, 5.41) is 0. The molecule has 0 aliphatic carbocycles. The van der Waals surface area contributed by atoms with Crippen molar-refractivity contribution in [1.82, 2.24) is 0 Å². The second kappa shape index (κ2) is 10.7. The molecule has 0 spiro atoms. The Balaban J connectivity index is 2.51. The average Bonchev–Trinajstić information content (AvgIpc) is 2.53. The van der Waals surface area contributed by atoms with Gasteiger partial charge in [-0.05, 0) is 49.6 Å². The molecule has 1 aromatic rings. The van der Waals surface area contributed by atoms with Crippen LogP contribution in [0.1, 0.15) is 34.1 Å². The number of hydrogen-bond donors (Lipinski definition) is 0. The van der Waals surface area contributed by atoms with E-state index in [2.05, 4.69) is 13.8 Å². The first-order chi connectivity index (χ1) is 11.4. The van der Waals surface area contributed by atoms with Crippen LogP contribution in [0.5, 0.6) is 11.5 Å². The van der Waals surface area contributed by atoms with E-state index in [0.29, 0.717) is 24.9 Å². The lowest BCUT2D eigenvalue weighted by molar-refractivity contribution is -0.137. The minimum absolute atomic E-state index is 0.258. The molecule has 1 atom stereocenters. The van der Waals surface area contributed by atoms with Crippen molar-refractivity contribution in [2.24, 2.45) is 5.92 Å². The van der Waals surface area contributed by atoms with E-state index in [-0.39, 0.29) is 12.3 Å². The largest absolute Gasteiger partial charge is 0.489 e. The van der Waals surface area contributed by atoms with E-state index < -0.39 is 0 Å². The molecule has 0 bridgehead atoms. The molecule has 0 aromatic heterocycles. The van der Waals surface area contributed by atoms with Gasteiger partial charge in [-0.15, -0.1) is 0 Å². The molecule has 0 aliphatic rings. The Labute approximate surface area is 144 Å². The summed E-state index contributed by atoms with van der Waals surface area (Å²) in [7, 11) is 1.64. The SMILES string of the molecule is CCOC(=O)C=C(C)COc1ccc(OC(CC(C)C)OC)cc1. The number of rotatable bonds is 10. The van der Waals surface area contributed by atoms with E-state index in [1.54, 1.807) is 14.0 Å². The Morgan fingerprint density at radius 1 is 1.17 bits per heavy atom. The van der Waals surface area contributed by atoms with Gasteiger partial charge in [-0.2, -0.15) is 0 Å². The zero-order valence-corrected chi connectivity index (χ0v) is 15.2. The fourth-order valence-electron chi connectivity index (χ4n) is 1.97. The number of hydrogen-bond acceptors (Lipinski definition) is 5. The topological polar surface area (TPSA) is 54.0 Å². The molecule has 5 nitrogen and oxygen atoms in total. The predicted octanol–water partition coefficient (Wildman–Crippen LogP) is 3.97. The Kier molecular flexibility index (Phi) is 8.94. The van der Waals surface area contributed by atoms with E-state index >= 15 is 0 Å². The Morgan fingerprint density at radius 3 is 2.33 bits per heavy atom. The van der Waals surface area contributed by atoms with Crippen molar-refractivity contribution in [2.75, 3.05) is 20.3 Å². The molecular formula is C19H28O5. The van der Waals surface area contributed by atoms with Gasteiger partial charge in [-0.25, -0.2) is 4.79 Å². The fourth-order valence-corrected chi connectivity index (χ4v) is 1.97. The van der Waals surface area contributed by atoms with Crippen LogP contribution in [0.25, 0.3) is 0 Å². The van der Waals surface area contributed by atoms with Crippen molar-refractivity contribution in [3.05, 3.63) is 35.9 Å². The van der Waals surface area contributed by atoms with Gasteiger partial charge in [0.05, 0.1) is 6.61 Å². The quantitative estimate of drug-likeness (QED) is 0.367. The molecule has 1 aromatic carbocycles. The van der Waals surface area contributed by atoms with Crippen LogP contribution in [0.2, 0.25) is 0 Å². The average molecular weight is 336 g/mol. The molecule has 1 unspecified atom stereocenters. The number of ether oxygens (including phenoxy) is 4. The molecule has 0 saturated carbocycles. The molecule has 5 heteroatoms. The third-order valence-electron chi connectivity index (χ3n) is 3.14. The van der Waals surface area contributed by atoms with E-state index in [0.717, 1.165) is 17.7 Å². The van der Waals surface area contributed by atoms with Crippen molar-refractivity contribution >= 4 is 5.97 Å². The third-order valence-corrected chi connectivity index (χ3v) is 3.14. The summed E-state index contributed by atoms with van der Waals surface area (Å²) in [4.78, 5) is 11.3. The van der Waals surface area contributed by atoms with Crippen molar-refractivity contribution < 1.29 is 23.7 Å². The zero-order chi connectivity index (χ0) is 17.9. The minimum Gasteiger partial charge on any atom is -0.489 e. The van der Waals surface area contributed by atoms with Crippen LogP contribution in [-0.2, 0) is 14.3 Å². The molecule has 24 heavy (non-hydrogen) atoms. The molecule has 134 valence electrons. The highest BCUT2D eigenvalue weighted by Gasteiger charge is 2.11. The standard InChI is InChI=1S/C19H28O5/c1-6-22-18(20)12-15(4)13-23-16-7-9-17(10-8-16)24-19(21-5)11-14(2)3/h7-10,12,14,19H,6,11,13H2,1-5H3. The Morgan fingerprint density at radius 2 is 1.79 bits per heavy atom. The minimum atomic E-state index is -0.349. The predicted molar refractivity (Wildman–Crippen MR) is 93.2 cm³/mol. The lowest BCUT2D eigenvalue weighted by atomic mass is 10.1. The van der Waals surface area contributed by atoms with Gasteiger partial charge in [-0.1, -0.05) is 13.8 Å². The highest BCUT2D eigenvalue weighted by molar-refractivity contribution is 5.82. The third kappa shape index (κ3) is 8.02. The smallest absolute Gasteiger partial charge is 0.330 e. The lowest BCUT2D eigenvalue weighted by Gasteiger charge is -2.19. The summed E-state index contributed by atoms with van der Waals surface area (Å²) in [5.74, 6) is 1.58. The maximum atomic E-state index is 11.3. The van der Waals surface area contributed by atoms with Crippen LogP contribution in [0.15, 0.2) is 35.9 Å². The summed E-state index contributed by atoms with van der Waals surface area (Å²) in [6.07, 6.45) is 2.01. The van der Waals surface area contributed by atoms with Crippen LogP contribution in [-0.4, -0.2) is 32.6 Å². The first-order valence-corrected chi connectivity index (χ1v) is 8.20. The van der Waals surface area contributed by atoms with Gasteiger partial charge in [0, 0.05) is 19.6 Å². The summed E-state index contributed by atoms with van der Waals surface area (Å²) in [6.45, 7) is 8.54. The molecule has 0 aliphatic heterocycles. The summed E-state index contributed by atoms with van der Waals surface area (Å²) < 4.78 is 21.6. The highest BCUT2D eigenvalue weighted by Crippen LogP contribution is 2.21. The van der Waals surface area contributed by atoms with Crippen LogP contribution in [0, 0.1) is 5.92 Å². The Hall–Kier alpha value is -2.01. The van der Waals surface area contributed by atoms with Gasteiger partial charge in [0.2, 0.25) is 0 Å². The molecule has 0 radical (unpaired) electrons. The van der Waals surface area contributed by atoms with Crippen molar-refractivity contribution in [3.8, 4) is 11.5 Å². The van der Waals surface area contributed by atoms with E-state index in [9.17, 15) is 4.79 Å². The van der Waals surface area contributed by atoms with Gasteiger partial charge < -0.3 is 18.9 Å². The molecule has 0 heterocycles. The molecule has 0 saturated heterocycles. The fraction of sp³-hybridized carbons (Fsp3) is 0.526. The second-order valence-electron chi connectivity index (χ2n) is 5.92. The molecule has 0 amide bonds. The number of benzene rings is 1. The van der Waals surface area contributed by atoms with Gasteiger partial charge in [-0.3, -0.25) is 0 Å². The van der Waals surface area contributed by atoms with Crippen molar-refractivity contribution in [2.45, 2.75) is 40.4 Å². The van der Waals surface area contributed by atoms with Gasteiger partial charge in [0.15, 0.2) is 6.29 Å². The molecule has 1 rings (SSSR count). The van der Waals surface area contributed by atoms with E-state index in [4.69, 9.17) is 18.9 Å². The first kappa shape index (κ1) is 20.0. The van der Waals surface area contributed by atoms with Crippen LogP contribution >= 0.6 is 0 Å². The van der Waals surface area contributed by atoms with Gasteiger partial charge in [0.25, 0.3) is 0 Å². The van der Waals surface area contributed by atoms with Crippen molar-refractivity contribution in [3.63, 3.8) is 0 Å². The van der Waals surface area contributed by atoms with Crippen LogP contribution in [0.4, 0.5) is 0 Å². The van der Waals surface area contributed by atoms with Crippen molar-refractivity contribution in [1.29, 1.82) is 0 Å². The Bertz CT molecular complexity index is 519. The molecular weight excluding hydrogens is 308 g/mol. The summed E-state index contributed by atoms with van der Waals surface area (Å²) >= 11 is 0. The monoisotopic (exact) mass is 336 g/mol. The number of esters is 1. The normalized spacial score (nSPS) is 12.8. The highest BCUT2D eigenvalue weighted by atomic mass is 16.7. The zero-order valence-electron chi connectivity index (χ0n) is 15.2. The maximum absolute atomic E-state index is 11.3.